The van der Waals surface area contributed by atoms with E-state index in [1.807, 2.05) is 6.92 Å². The highest BCUT2D eigenvalue weighted by molar-refractivity contribution is 5.94. The minimum atomic E-state index is -0.433. The molecule has 1 aromatic carbocycles. The van der Waals surface area contributed by atoms with Crippen molar-refractivity contribution in [3.05, 3.63) is 35.6 Å². The summed E-state index contributed by atoms with van der Waals surface area (Å²) in [4.78, 5) is 11.3. The Morgan fingerprint density at radius 1 is 1.64 bits per heavy atom. The third-order valence-corrected chi connectivity index (χ3v) is 1.53. The van der Waals surface area contributed by atoms with Crippen LogP contribution in [0.25, 0.3) is 0 Å². The van der Waals surface area contributed by atoms with E-state index in [1.54, 1.807) is 6.21 Å². The summed E-state index contributed by atoms with van der Waals surface area (Å²) in [5.74, 6) is -0.841. The minimum absolute atomic E-state index is 0.262. The Kier molecular flexibility index (Phi) is 3.79. The van der Waals surface area contributed by atoms with E-state index in [1.165, 1.54) is 18.2 Å². The maximum Gasteiger partial charge on any atom is 0.271 e. The number of carbonyl (C=O) groups excluding carboxylic acids is 1. The summed E-state index contributed by atoms with van der Waals surface area (Å²) < 4.78 is 12.7. The van der Waals surface area contributed by atoms with Crippen molar-refractivity contribution in [2.45, 2.75) is 13.3 Å². The first-order chi connectivity index (χ1) is 6.74. The Hall–Kier alpha value is -1.71. The van der Waals surface area contributed by atoms with Gasteiger partial charge in [-0.25, -0.2) is 9.82 Å². The largest absolute Gasteiger partial charge is 0.271 e. The van der Waals surface area contributed by atoms with Crippen molar-refractivity contribution in [2.24, 2.45) is 5.10 Å². The van der Waals surface area contributed by atoms with Gasteiger partial charge in [-0.05, 0) is 24.6 Å². The van der Waals surface area contributed by atoms with Crippen LogP contribution in [0.3, 0.4) is 0 Å². The number of carbonyl (C=O) groups is 1. The summed E-state index contributed by atoms with van der Waals surface area (Å²) >= 11 is 0. The van der Waals surface area contributed by atoms with Crippen LogP contribution in [0.1, 0.15) is 23.7 Å². The highest BCUT2D eigenvalue weighted by Crippen LogP contribution is 2.02. The van der Waals surface area contributed by atoms with Gasteiger partial charge in [-0.3, -0.25) is 4.79 Å². The van der Waals surface area contributed by atoms with Crippen LogP contribution < -0.4 is 5.43 Å². The van der Waals surface area contributed by atoms with Gasteiger partial charge < -0.3 is 0 Å². The predicted molar refractivity (Wildman–Crippen MR) is 52.6 cm³/mol. The molecule has 0 aliphatic rings. The molecule has 0 fully saturated rings. The topological polar surface area (TPSA) is 41.5 Å². The molecule has 0 radical (unpaired) electrons. The fourth-order valence-electron chi connectivity index (χ4n) is 0.890. The highest BCUT2D eigenvalue weighted by Gasteiger charge is 2.03. The molecule has 14 heavy (non-hydrogen) atoms. The van der Waals surface area contributed by atoms with E-state index in [0.717, 1.165) is 12.5 Å². The van der Waals surface area contributed by atoms with Crippen LogP contribution in [-0.2, 0) is 0 Å². The van der Waals surface area contributed by atoms with Crippen molar-refractivity contribution in [1.82, 2.24) is 5.43 Å². The first-order valence-electron chi connectivity index (χ1n) is 4.31. The van der Waals surface area contributed by atoms with Gasteiger partial charge in [-0.15, -0.1) is 0 Å². The number of amides is 1. The molecule has 1 aromatic rings. The molecule has 0 unspecified atom stereocenters. The Morgan fingerprint density at radius 2 is 2.43 bits per heavy atom. The first kappa shape index (κ1) is 10.4. The summed E-state index contributed by atoms with van der Waals surface area (Å²) in [5, 5.41) is 3.65. The summed E-state index contributed by atoms with van der Waals surface area (Å²) in [7, 11) is 0. The lowest BCUT2D eigenvalue weighted by Gasteiger charge is -1.98. The average Bonchev–Trinajstić information content (AvgIpc) is 2.18. The fourth-order valence-corrected chi connectivity index (χ4v) is 0.890. The maximum absolute atomic E-state index is 12.7. The molecule has 3 nitrogen and oxygen atoms in total. The molecule has 0 heterocycles. The zero-order chi connectivity index (χ0) is 10.4. The van der Waals surface area contributed by atoms with E-state index < -0.39 is 11.7 Å². The minimum Gasteiger partial charge on any atom is -0.267 e. The van der Waals surface area contributed by atoms with Crippen LogP contribution in [0, 0.1) is 5.82 Å². The number of hydrogen-bond acceptors (Lipinski definition) is 2. The summed E-state index contributed by atoms with van der Waals surface area (Å²) in [6.45, 7) is 1.90. The number of nitrogens with one attached hydrogen (secondary N) is 1. The van der Waals surface area contributed by atoms with Crippen LogP contribution in [0.4, 0.5) is 4.39 Å². The van der Waals surface area contributed by atoms with E-state index in [9.17, 15) is 9.18 Å². The monoisotopic (exact) mass is 194 g/mol. The number of halogens is 1. The Morgan fingerprint density at radius 3 is 3.07 bits per heavy atom. The molecule has 0 aliphatic heterocycles. The molecule has 0 aliphatic carbocycles. The normalized spacial score (nSPS) is 10.4. The van der Waals surface area contributed by atoms with Gasteiger partial charge in [0, 0.05) is 11.8 Å². The van der Waals surface area contributed by atoms with Gasteiger partial charge in [0.25, 0.3) is 5.91 Å². The second-order valence-electron chi connectivity index (χ2n) is 2.67. The van der Waals surface area contributed by atoms with Crippen LogP contribution in [0.5, 0.6) is 0 Å². The molecular formula is C10H11FN2O. The number of nitrogens with zero attached hydrogens (tertiary/aromatic N) is 1. The molecule has 0 bridgehead atoms. The summed E-state index contributed by atoms with van der Waals surface area (Å²) in [6.07, 6.45) is 2.31. The van der Waals surface area contributed by atoms with Crippen molar-refractivity contribution in [3.63, 3.8) is 0 Å². The van der Waals surface area contributed by atoms with E-state index in [4.69, 9.17) is 0 Å². The summed E-state index contributed by atoms with van der Waals surface area (Å²) in [6, 6.07) is 5.45. The highest BCUT2D eigenvalue weighted by atomic mass is 19.1. The third-order valence-electron chi connectivity index (χ3n) is 1.53. The molecule has 0 aromatic heterocycles. The second kappa shape index (κ2) is 5.11. The van der Waals surface area contributed by atoms with Crippen molar-refractivity contribution < 1.29 is 9.18 Å². The number of rotatable bonds is 3. The average molecular weight is 194 g/mol. The van der Waals surface area contributed by atoms with Gasteiger partial charge in [-0.1, -0.05) is 13.0 Å². The van der Waals surface area contributed by atoms with Gasteiger partial charge in [0.2, 0.25) is 0 Å². The van der Waals surface area contributed by atoms with E-state index in [0.29, 0.717) is 0 Å². The van der Waals surface area contributed by atoms with Crippen molar-refractivity contribution in [3.8, 4) is 0 Å². The first-order valence-corrected chi connectivity index (χ1v) is 4.31. The molecule has 1 amide bonds. The molecule has 0 saturated carbocycles. The second-order valence-corrected chi connectivity index (χ2v) is 2.67. The number of hydrogen-bond donors (Lipinski definition) is 1. The van der Waals surface area contributed by atoms with Crippen molar-refractivity contribution >= 4 is 12.1 Å². The molecule has 4 heteroatoms. The van der Waals surface area contributed by atoms with Gasteiger partial charge in [0.15, 0.2) is 0 Å². The van der Waals surface area contributed by atoms with Gasteiger partial charge >= 0.3 is 0 Å². The molecule has 74 valence electrons. The van der Waals surface area contributed by atoms with Gasteiger partial charge in [0.05, 0.1) is 0 Å². The van der Waals surface area contributed by atoms with Gasteiger partial charge in [-0.2, -0.15) is 5.10 Å². The van der Waals surface area contributed by atoms with E-state index >= 15 is 0 Å². The van der Waals surface area contributed by atoms with Crippen LogP contribution in [0.15, 0.2) is 29.4 Å². The van der Waals surface area contributed by atoms with Gasteiger partial charge in [0.1, 0.15) is 5.82 Å². The molecule has 1 N–H and O–H groups in total. The van der Waals surface area contributed by atoms with Crippen LogP contribution in [-0.4, -0.2) is 12.1 Å². The van der Waals surface area contributed by atoms with Crippen molar-refractivity contribution in [2.75, 3.05) is 0 Å². The Bertz CT molecular complexity index is 350. The fraction of sp³-hybridized carbons (Fsp3) is 0.200. The zero-order valence-corrected chi connectivity index (χ0v) is 7.83. The molecule has 0 saturated heterocycles. The number of benzene rings is 1. The standard InChI is InChI=1S/C10H11FN2O/c1-2-6-12-13-10(14)8-4-3-5-9(11)7-8/h3-7H,2H2,1H3,(H,13,14). The quantitative estimate of drug-likeness (QED) is 0.580. The molecular weight excluding hydrogens is 183 g/mol. The van der Waals surface area contributed by atoms with E-state index in [-0.39, 0.29) is 5.56 Å². The number of hydrazone groups is 1. The Labute approximate surface area is 81.6 Å². The predicted octanol–water partition coefficient (Wildman–Crippen LogP) is 1.95. The molecule has 0 atom stereocenters. The smallest absolute Gasteiger partial charge is 0.267 e. The maximum atomic E-state index is 12.7. The van der Waals surface area contributed by atoms with Crippen LogP contribution >= 0.6 is 0 Å². The molecule has 1 rings (SSSR count). The SMILES string of the molecule is CCC=NNC(=O)c1cccc(F)c1. The van der Waals surface area contributed by atoms with Crippen LogP contribution in [0.2, 0.25) is 0 Å². The molecule has 0 spiro atoms. The third kappa shape index (κ3) is 2.97. The summed E-state index contributed by atoms with van der Waals surface area (Å²) in [5.41, 5.74) is 2.55. The van der Waals surface area contributed by atoms with E-state index in [2.05, 4.69) is 10.5 Å². The lowest BCUT2D eigenvalue weighted by Crippen LogP contribution is -2.17. The lowest BCUT2D eigenvalue weighted by molar-refractivity contribution is 0.0954. The Balaban J connectivity index is 2.65. The zero-order valence-electron chi connectivity index (χ0n) is 7.83. The van der Waals surface area contributed by atoms with Crippen molar-refractivity contribution in [1.29, 1.82) is 0 Å². The lowest BCUT2D eigenvalue weighted by atomic mass is 10.2.